The van der Waals surface area contributed by atoms with Crippen LogP contribution in [0.5, 0.6) is 0 Å². The smallest absolute Gasteiger partial charge is 0.241 e. The Labute approximate surface area is 134 Å². The molecular formula is C18H19NO4. The van der Waals surface area contributed by atoms with Gasteiger partial charge in [0.1, 0.15) is 5.60 Å². The van der Waals surface area contributed by atoms with Gasteiger partial charge >= 0.3 is 0 Å². The summed E-state index contributed by atoms with van der Waals surface area (Å²) in [5, 5.41) is 9.79. The van der Waals surface area contributed by atoms with Gasteiger partial charge in [-0.15, -0.1) is 0 Å². The van der Waals surface area contributed by atoms with E-state index in [4.69, 9.17) is 4.74 Å². The van der Waals surface area contributed by atoms with Gasteiger partial charge in [-0.2, -0.15) is 0 Å². The average molecular weight is 313 g/mol. The minimum absolute atomic E-state index is 0.245. The molecule has 120 valence electrons. The van der Waals surface area contributed by atoms with Crippen LogP contribution in [0.3, 0.4) is 0 Å². The maximum atomic E-state index is 13.0. The van der Waals surface area contributed by atoms with E-state index in [2.05, 4.69) is 0 Å². The summed E-state index contributed by atoms with van der Waals surface area (Å²) in [6.45, 7) is 5.44. The van der Waals surface area contributed by atoms with Crippen molar-refractivity contribution in [2.75, 3.05) is 11.5 Å². The van der Waals surface area contributed by atoms with Gasteiger partial charge in [-0.1, -0.05) is 18.2 Å². The quantitative estimate of drug-likeness (QED) is 0.664. The number of aryl methyl sites for hydroxylation is 2. The topological polar surface area (TPSA) is 66.8 Å². The Balaban J connectivity index is 1.81. The third-order valence-electron chi connectivity index (χ3n) is 5.55. The minimum Gasteiger partial charge on any atom is -0.393 e. The number of carbonyl (C=O) groups is 2. The van der Waals surface area contributed by atoms with E-state index >= 15 is 0 Å². The first-order chi connectivity index (χ1) is 10.8. The first-order valence-electron chi connectivity index (χ1n) is 7.79. The number of aliphatic hydroxyl groups excluding tert-OH is 1. The van der Waals surface area contributed by atoms with Crippen molar-refractivity contribution in [3.63, 3.8) is 0 Å². The number of hydrogen-bond acceptors (Lipinski definition) is 4. The molecule has 5 nitrogen and oxygen atoms in total. The summed E-state index contributed by atoms with van der Waals surface area (Å²) in [7, 11) is 0. The molecule has 2 fully saturated rings. The van der Waals surface area contributed by atoms with Crippen LogP contribution in [-0.2, 0) is 14.3 Å². The lowest BCUT2D eigenvalue weighted by Gasteiger charge is -2.27. The van der Waals surface area contributed by atoms with E-state index in [1.165, 1.54) is 4.90 Å². The van der Waals surface area contributed by atoms with Gasteiger partial charge in [-0.05, 0) is 44.0 Å². The van der Waals surface area contributed by atoms with Gasteiger partial charge in [-0.25, -0.2) is 4.90 Å². The van der Waals surface area contributed by atoms with Gasteiger partial charge in [0.15, 0.2) is 0 Å². The van der Waals surface area contributed by atoms with Crippen LogP contribution in [0.2, 0.25) is 0 Å². The predicted octanol–water partition coefficient (Wildman–Crippen LogP) is 1.50. The van der Waals surface area contributed by atoms with Crippen LogP contribution >= 0.6 is 0 Å². The third-order valence-corrected chi connectivity index (χ3v) is 5.55. The Bertz CT molecular complexity index is 770. The van der Waals surface area contributed by atoms with E-state index in [0.29, 0.717) is 5.69 Å². The molecule has 23 heavy (non-hydrogen) atoms. The molecule has 1 aromatic carbocycles. The first-order valence-corrected chi connectivity index (χ1v) is 7.79. The van der Waals surface area contributed by atoms with E-state index in [9.17, 15) is 14.7 Å². The molecule has 2 saturated heterocycles. The largest absolute Gasteiger partial charge is 0.393 e. The van der Waals surface area contributed by atoms with E-state index in [1.54, 1.807) is 25.1 Å². The standard InChI is InChI=1S/C18H19NO4/c1-10-4-5-12(8-11(10)2)19-15(21)13-14(16(19)22)18(9-20)7-6-17(13,3)23-18/h4-8,13-14,20H,9H2,1-3H3. The highest BCUT2D eigenvalue weighted by molar-refractivity contribution is 6.23. The molecule has 0 radical (unpaired) electrons. The summed E-state index contributed by atoms with van der Waals surface area (Å²) in [5.74, 6) is -1.76. The molecule has 0 aromatic heterocycles. The van der Waals surface area contributed by atoms with Crippen molar-refractivity contribution >= 4 is 17.5 Å². The monoisotopic (exact) mass is 313 g/mol. The Kier molecular flexibility index (Phi) is 2.73. The van der Waals surface area contributed by atoms with Gasteiger partial charge in [0, 0.05) is 0 Å². The van der Waals surface area contributed by atoms with Crippen LogP contribution in [0.4, 0.5) is 5.69 Å². The molecule has 0 spiro atoms. The fourth-order valence-corrected chi connectivity index (χ4v) is 4.16. The molecule has 3 aliphatic rings. The Morgan fingerprint density at radius 2 is 1.83 bits per heavy atom. The number of rotatable bonds is 2. The van der Waals surface area contributed by atoms with Gasteiger partial charge in [0.2, 0.25) is 11.8 Å². The molecular weight excluding hydrogens is 294 g/mol. The SMILES string of the molecule is Cc1ccc(N2C(=O)C3C(C2=O)C2(CO)C=CC3(C)O2)cc1C. The summed E-state index contributed by atoms with van der Waals surface area (Å²) in [5.41, 5.74) is 0.834. The lowest BCUT2D eigenvalue weighted by Crippen LogP contribution is -2.43. The van der Waals surface area contributed by atoms with Crippen molar-refractivity contribution < 1.29 is 19.4 Å². The van der Waals surface area contributed by atoms with E-state index in [-0.39, 0.29) is 18.4 Å². The number of amides is 2. The first kappa shape index (κ1) is 14.6. The number of aliphatic hydroxyl groups is 1. The summed E-state index contributed by atoms with van der Waals surface area (Å²) < 4.78 is 5.90. The van der Waals surface area contributed by atoms with Crippen molar-refractivity contribution in [2.24, 2.45) is 11.8 Å². The predicted molar refractivity (Wildman–Crippen MR) is 83.8 cm³/mol. The number of fused-ring (bicyclic) bond motifs is 5. The molecule has 0 aliphatic carbocycles. The van der Waals surface area contributed by atoms with Crippen LogP contribution < -0.4 is 4.90 Å². The van der Waals surface area contributed by atoms with Gasteiger partial charge in [0.25, 0.3) is 0 Å². The molecule has 3 heterocycles. The van der Waals surface area contributed by atoms with Crippen LogP contribution in [0, 0.1) is 25.7 Å². The van der Waals surface area contributed by atoms with E-state index in [1.807, 2.05) is 26.0 Å². The number of nitrogens with zero attached hydrogens (tertiary/aromatic N) is 1. The van der Waals surface area contributed by atoms with Crippen LogP contribution in [0.1, 0.15) is 18.1 Å². The molecule has 3 aliphatic heterocycles. The van der Waals surface area contributed by atoms with E-state index in [0.717, 1.165) is 11.1 Å². The Morgan fingerprint density at radius 1 is 1.13 bits per heavy atom. The summed E-state index contributed by atoms with van der Waals surface area (Å²) >= 11 is 0. The lowest BCUT2D eigenvalue weighted by molar-refractivity contribution is -0.131. The van der Waals surface area contributed by atoms with Crippen molar-refractivity contribution in [1.82, 2.24) is 0 Å². The molecule has 0 saturated carbocycles. The molecule has 4 atom stereocenters. The molecule has 1 aromatic rings. The molecule has 2 amide bonds. The number of carbonyl (C=O) groups excluding carboxylic acids is 2. The highest BCUT2D eigenvalue weighted by atomic mass is 16.5. The molecule has 5 heteroatoms. The average Bonchev–Trinajstić information content (AvgIpc) is 3.09. The van der Waals surface area contributed by atoms with Gasteiger partial charge < -0.3 is 9.84 Å². The number of benzene rings is 1. The molecule has 4 rings (SSSR count). The highest BCUT2D eigenvalue weighted by Crippen LogP contribution is 2.57. The van der Waals surface area contributed by atoms with Crippen molar-refractivity contribution in [3.8, 4) is 0 Å². The normalized spacial score (nSPS) is 37.8. The van der Waals surface area contributed by atoms with Crippen LogP contribution in [0.15, 0.2) is 30.4 Å². The second-order valence-corrected chi connectivity index (χ2v) is 6.97. The second-order valence-electron chi connectivity index (χ2n) is 6.97. The van der Waals surface area contributed by atoms with Gasteiger partial charge in [0.05, 0.1) is 29.7 Å². The number of ether oxygens (including phenoxy) is 1. The molecule has 4 unspecified atom stereocenters. The zero-order valence-electron chi connectivity index (χ0n) is 13.4. The number of imide groups is 1. The molecule has 1 N–H and O–H groups in total. The van der Waals surface area contributed by atoms with Crippen molar-refractivity contribution in [2.45, 2.75) is 32.0 Å². The maximum absolute atomic E-state index is 13.0. The zero-order valence-corrected chi connectivity index (χ0v) is 13.4. The van der Waals surface area contributed by atoms with E-state index < -0.39 is 23.0 Å². The third kappa shape index (κ3) is 1.64. The Morgan fingerprint density at radius 3 is 2.48 bits per heavy atom. The minimum atomic E-state index is -1.07. The van der Waals surface area contributed by atoms with Crippen molar-refractivity contribution in [3.05, 3.63) is 41.5 Å². The zero-order chi connectivity index (χ0) is 16.6. The lowest BCUT2D eigenvalue weighted by atomic mass is 9.73. The summed E-state index contributed by atoms with van der Waals surface area (Å²) in [6, 6.07) is 5.56. The highest BCUT2D eigenvalue weighted by Gasteiger charge is 2.72. The second kappa shape index (κ2) is 4.30. The number of hydrogen-bond donors (Lipinski definition) is 1. The Hall–Kier alpha value is -1.98. The fraction of sp³-hybridized carbons (Fsp3) is 0.444. The van der Waals surface area contributed by atoms with Gasteiger partial charge in [-0.3, -0.25) is 9.59 Å². The molecule has 2 bridgehead atoms. The van der Waals surface area contributed by atoms with Crippen LogP contribution in [-0.4, -0.2) is 34.7 Å². The van der Waals surface area contributed by atoms with Crippen molar-refractivity contribution in [1.29, 1.82) is 0 Å². The summed E-state index contributed by atoms with van der Waals surface area (Å²) in [4.78, 5) is 27.2. The number of anilines is 1. The maximum Gasteiger partial charge on any atom is 0.241 e. The van der Waals surface area contributed by atoms with Crippen LogP contribution in [0.25, 0.3) is 0 Å². The fourth-order valence-electron chi connectivity index (χ4n) is 4.16. The summed E-state index contributed by atoms with van der Waals surface area (Å²) in [6.07, 6.45) is 3.54.